The van der Waals surface area contributed by atoms with E-state index in [1.807, 2.05) is 17.3 Å². The lowest BCUT2D eigenvalue weighted by Gasteiger charge is -2.12. The van der Waals surface area contributed by atoms with Crippen LogP contribution in [-0.4, -0.2) is 29.6 Å². The Morgan fingerprint density at radius 2 is 2.24 bits per heavy atom. The van der Waals surface area contributed by atoms with Gasteiger partial charge in [0.2, 0.25) is 0 Å². The monoisotopic (exact) mass is 309 g/mol. The van der Waals surface area contributed by atoms with E-state index in [-0.39, 0.29) is 5.69 Å². The van der Waals surface area contributed by atoms with E-state index in [4.69, 9.17) is 9.15 Å². The van der Waals surface area contributed by atoms with E-state index in [0.717, 1.165) is 10.7 Å². The number of oxazole rings is 1. The third-order valence-electron chi connectivity index (χ3n) is 2.77. The molecule has 0 saturated carbocycles. The van der Waals surface area contributed by atoms with Crippen molar-refractivity contribution in [3.63, 3.8) is 0 Å². The van der Waals surface area contributed by atoms with Gasteiger partial charge in [-0.1, -0.05) is 13.8 Å². The minimum atomic E-state index is -0.475. The van der Waals surface area contributed by atoms with Crippen LogP contribution in [0.15, 0.2) is 16.1 Å². The van der Waals surface area contributed by atoms with Gasteiger partial charge in [-0.3, -0.25) is 0 Å². The molecule has 0 bridgehead atoms. The van der Waals surface area contributed by atoms with E-state index in [0.29, 0.717) is 25.1 Å². The van der Waals surface area contributed by atoms with Gasteiger partial charge in [0.1, 0.15) is 6.26 Å². The van der Waals surface area contributed by atoms with Crippen LogP contribution in [0.1, 0.15) is 47.9 Å². The Bertz CT molecular complexity index is 606. The van der Waals surface area contributed by atoms with Crippen molar-refractivity contribution in [2.75, 3.05) is 18.6 Å². The number of thiazole rings is 1. The van der Waals surface area contributed by atoms with Crippen LogP contribution in [0.25, 0.3) is 0 Å². The highest BCUT2D eigenvalue weighted by atomic mass is 32.1. The van der Waals surface area contributed by atoms with E-state index in [1.54, 1.807) is 18.3 Å². The SMILES string of the molecule is CCOC(=O)c1coc(N(C)Cc2csc(C(C)C)n2)n1. The first-order valence-corrected chi connectivity index (χ1v) is 7.67. The van der Waals surface area contributed by atoms with Crippen LogP contribution in [0.2, 0.25) is 0 Å². The number of ether oxygens (including phenoxy) is 1. The standard InChI is InChI=1S/C14H19N3O3S/c1-5-19-13(18)11-7-20-14(16-11)17(4)6-10-8-21-12(15-10)9(2)3/h7-9H,5-6H2,1-4H3. The van der Waals surface area contributed by atoms with Gasteiger partial charge in [-0.05, 0) is 6.92 Å². The van der Waals surface area contributed by atoms with E-state index >= 15 is 0 Å². The van der Waals surface area contributed by atoms with Crippen LogP contribution in [0.5, 0.6) is 0 Å². The number of hydrogen-bond acceptors (Lipinski definition) is 7. The van der Waals surface area contributed by atoms with Crippen molar-refractivity contribution in [3.05, 3.63) is 28.0 Å². The van der Waals surface area contributed by atoms with Crippen LogP contribution in [0, 0.1) is 0 Å². The second-order valence-electron chi connectivity index (χ2n) is 4.92. The van der Waals surface area contributed by atoms with Crippen molar-refractivity contribution in [2.24, 2.45) is 0 Å². The number of aromatic nitrogens is 2. The maximum Gasteiger partial charge on any atom is 0.360 e. The number of nitrogens with zero attached hydrogens (tertiary/aromatic N) is 3. The lowest BCUT2D eigenvalue weighted by atomic mass is 10.2. The summed E-state index contributed by atoms with van der Waals surface area (Å²) >= 11 is 1.65. The van der Waals surface area contributed by atoms with Crippen LogP contribution >= 0.6 is 11.3 Å². The average Bonchev–Trinajstić information content (AvgIpc) is 3.07. The third kappa shape index (κ3) is 3.81. The molecule has 6 nitrogen and oxygen atoms in total. The highest BCUT2D eigenvalue weighted by Gasteiger charge is 2.16. The van der Waals surface area contributed by atoms with Gasteiger partial charge < -0.3 is 14.1 Å². The summed E-state index contributed by atoms with van der Waals surface area (Å²) in [5.74, 6) is -0.0529. The molecule has 0 atom stereocenters. The second kappa shape index (κ2) is 6.71. The first-order valence-electron chi connectivity index (χ1n) is 6.79. The summed E-state index contributed by atoms with van der Waals surface area (Å²) in [4.78, 5) is 22.0. The molecule has 0 aliphatic heterocycles. The zero-order chi connectivity index (χ0) is 15.4. The van der Waals surface area contributed by atoms with E-state index < -0.39 is 5.97 Å². The predicted octanol–water partition coefficient (Wildman–Crippen LogP) is 3.07. The normalized spacial score (nSPS) is 10.9. The molecule has 2 heterocycles. The van der Waals surface area contributed by atoms with Crippen LogP contribution in [0.3, 0.4) is 0 Å². The van der Waals surface area contributed by atoms with Gasteiger partial charge in [-0.15, -0.1) is 11.3 Å². The summed E-state index contributed by atoms with van der Waals surface area (Å²) in [6.45, 7) is 6.87. The molecule has 0 aliphatic carbocycles. The molecule has 2 rings (SSSR count). The van der Waals surface area contributed by atoms with Gasteiger partial charge in [0, 0.05) is 18.3 Å². The molecule has 0 spiro atoms. The van der Waals surface area contributed by atoms with Crippen LogP contribution < -0.4 is 4.90 Å². The number of rotatable bonds is 6. The van der Waals surface area contributed by atoms with Crippen molar-refractivity contribution < 1.29 is 13.9 Å². The number of hydrogen-bond donors (Lipinski definition) is 0. The van der Waals surface area contributed by atoms with Crippen molar-refractivity contribution in [1.82, 2.24) is 9.97 Å². The molecular weight excluding hydrogens is 290 g/mol. The number of carbonyl (C=O) groups excluding carboxylic acids is 1. The van der Waals surface area contributed by atoms with Crippen LogP contribution in [0.4, 0.5) is 6.01 Å². The summed E-state index contributed by atoms with van der Waals surface area (Å²) in [5.41, 5.74) is 1.14. The van der Waals surface area contributed by atoms with Crippen LogP contribution in [-0.2, 0) is 11.3 Å². The average molecular weight is 309 g/mol. The maximum atomic E-state index is 11.5. The summed E-state index contributed by atoms with van der Waals surface area (Å²) in [6.07, 6.45) is 1.31. The largest absolute Gasteiger partial charge is 0.461 e. The topological polar surface area (TPSA) is 68.5 Å². The van der Waals surface area contributed by atoms with E-state index in [1.165, 1.54) is 6.26 Å². The minimum absolute atomic E-state index is 0.180. The van der Waals surface area contributed by atoms with E-state index in [2.05, 4.69) is 23.8 Å². The molecule has 7 heteroatoms. The van der Waals surface area contributed by atoms with Gasteiger partial charge in [0.05, 0.1) is 23.9 Å². The Kier molecular flexibility index (Phi) is 4.95. The fourth-order valence-corrected chi connectivity index (χ4v) is 2.54. The van der Waals surface area contributed by atoms with Crippen molar-refractivity contribution in [3.8, 4) is 0 Å². The first kappa shape index (κ1) is 15.5. The number of anilines is 1. The van der Waals surface area contributed by atoms with Gasteiger partial charge in [0.25, 0.3) is 6.01 Å². The first-order chi connectivity index (χ1) is 10.0. The number of esters is 1. The molecule has 0 aromatic carbocycles. The van der Waals surface area contributed by atoms with Gasteiger partial charge in [-0.2, -0.15) is 4.98 Å². The van der Waals surface area contributed by atoms with Gasteiger partial charge in [-0.25, -0.2) is 9.78 Å². The Balaban J connectivity index is 2.02. The Labute approximate surface area is 127 Å². The molecule has 0 saturated heterocycles. The van der Waals surface area contributed by atoms with Crippen molar-refractivity contribution in [1.29, 1.82) is 0 Å². The lowest BCUT2D eigenvalue weighted by molar-refractivity contribution is 0.0519. The maximum absolute atomic E-state index is 11.5. The van der Waals surface area contributed by atoms with Crippen molar-refractivity contribution >= 4 is 23.3 Å². The van der Waals surface area contributed by atoms with E-state index in [9.17, 15) is 4.79 Å². The van der Waals surface area contributed by atoms with Crippen molar-refractivity contribution in [2.45, 2.75) is 33.2 Å². The summed E-state index contributed by atoms with van der Waals surface area (Å²) < 4.78 is 10.2. The summed E-state index contributed by atoms with van der Waals surface area (Å²) in [7, 11) is 1.84. The van der Waals surface area contributed by atoms with Gasteiger partial charge in [0.15, 0.2) is 5.69 Å². The molecule has 0 radical (unpaired) electrons. The number of carbonyl (C=O) groups is 1. The zero-order valence-electron chi connectivity index (χ0n) is 12.6. The molecule has 0 unspecified atom stereocenters. The molecule has 21 heavy (non-hydrogen) atoms. The fourth-order valence-electron chi connectivity index (χ4n) is 1.71. The Morgan fingerprint density at radius 3 is 2.86 bits per heavy atom. The predicted molar refractivity (Wildman–Crippen MR) is 80.8 cm³/mol. The zero-order valence-corrected chi connectivity index (χ0v) is 13.4. The quantitative estimate of drug-likeness (QED) is 0.764. The minimum Gasteiger partial charge on any atom is -0.461 e. The van der Waals surface area contributed by atoms with Gasteiger partial charge >= 0.3 is 5.97 Å². The Morgan fingerprint density at radius 1 is 1.48 bits per heavy atom. The highest BCUT2D eigenvalue weighted by Crippen LogP contribution is 2.21. The Hall–Kier alpha value is -1.89. The molecule has 2 aromatic heterocycles. The molecule has 2 aromatic rings. The summed E-state index contributed by atoms with van der Waals surface area (Å²) in [5, 5.41) is 3.14. The molecule has 114 valence electrons. The lowest BCUT2D eigenvalue weighted by Crippen LogP contribution is -2.17. The molecular formula is C14H19N3O3S. The molecule has 0 aliphatic rings. The second-order valence-corrected chi connectivity index (χ2v) is 5.81. The smallest absolute Gasteiger partial charge is 0.360 e. The fraction of sp³-hybridized carbons (Fsp3) is 0.500. The highest BCUT2D eigenvalue weighted by molar-refractivity contribution is 7.09. The molecule has 0 N–H and O–H groups in total. The summed E-state index contributed by atoms with van der Waals surface area (Å²) in [6, 6.07) is 0.372. The molecule has 0 amide bonds. The molecule has 0 fully saturated rings. The third-order valence-corrected chi connectivity index (χ3v) is 3.96.